The standard InChI is InChI=1S/C16H15ClN2/c1-12-6-8-13(9-7-12)16(10-18)19-11-14-4-2-3-5-15(14)17/h2-9,16,19H,11H2,1H3. The van der Waals surface area contributed by atoms with Crippen molar-refractivity contribution in [2.75, 3.05) is 0 Å². The van der Waals surface area contributed by atoms with Crippen LogP contribution in [-0.4, -0.2) is 0 Å². The van der Waals surface area contributed by atoms with E-state index in [1.807, 2.05) is 55.5 Å². The number of benzene rings is 2. The third kappa shape index (κ3) is 3.57. The maximum absolute atomic E-state index is 9.25. The number of aryl methyl sites for hydroxylation is 1. The highest BCUT2D eigenvalue weighted by atomic mass is 35.5. The maximum atomic E-state index is 9.25. The van der Waals surface area contributed by atoms with Gasteiger partial charge in [-0.2, -0.15) is 5.26 Å². The predicted octanol–water partition coefficient (Wildman–Crippen LogP) is 4.00. The second-order valence-corrected chi connectivity index (χ2v) is 4.85. The molecule has 2 rings (SSSR count). The minimum atomic E-state index is -0.322. The van der Waals surface area contributed by atoms with Gasteiger partial charge in [0.2, 0.25) is 0 Å². The normalized spacial score (nSPS) is 11.8. The summed E-state index contributed by atoms with van der Waals surface area (Å²) in [4.78, 5) is 0. The van der Waals surface area contributed by atoms with Gasteiger partial charge in [-0.25, -0.2) is 0 Å². The maximum Gasteiger partial charge on any atom is 0.121 e. The summed E-state index contributed by atoms with van der Waals surface area (Å²) in [6.07, 6.45) is 0. The lowest BCUT2D eigenvalue weighted by Crippen LogP contribution is -2.19. The molecule has 96 valence electrons. The molecule has 0 spiro atoms. The molecule has 0 aliphatic rings. The van der Waals surface area contributed by atoms with Crippen LogP contribution in [0.3, 0.4) is 0 Å². The van der Waals surface area contributed by atoms with E-state index in [2.05, 4.69) is 11.4 Å². The summed E-state index contributed by atoms with van der Waals surface area (Å²) in [6, 6.07) is 17.6. The van der Waals surface area contributed by atoms with E-state index < -0.39 is 0 Å². The summed E-state index contributed by atoms with van der Waals surface area (Å²) in [6.45, 7) is 2.61. The molecule has 1 unspecified atom stereocenters. The Bertz CT molecular complexity index is 584. The lowest BCUT2D eigenvalue weighted by molar-refractivity contribution is 0.630. The molecule has 0 bridgehead atoms. The van der Waals surface area contributed by atoms with Crippen molar-refractivity contribution in [3.05, 3.63) is 70.2 Å². The van der Waals surface area contributed by atoms with Crippen LogP contribution in [0, 0.1) is 18.3 Å². The zero-order valence-corrected chi connectivity index (χ0v) is 11.5. The van der Waals surface area contributed by atoms with Crippen LogP contribution in [-0.2, 0) is 6.54 Å². The van der Waals surface area contributed by atoms with Crippen molar-refractivity contribution >= 4 is 11.6 Å². The zero-order valence-electron chi connectivity index (χ0n) is 10.7. The zero-order chi connectivity index (χ0) is 13.7. The number of halogens is 1. The third-order valence-electron chi connectivity index (χ3n) is 2.99. The van der Waals surface area contributed by atoms with Crippen LogP contribution < -0.4 is 5.32 Å². The van der Waals surface area contributed by atoms with E-state index in [-0.39, 0.29) is 6.04 Å². The molecule has 0 fully saturated rings. The smallest absolute Gasteiger partial charge is 0.121 e. The highest BCUT2D eigenvalue weighted by Gasteiger charge is 2.10. The van der Waals surface area contributed by atoms with Crippen LogP contribution >= 0.6 is 11.6 Å². The molecule has 0 saturated heterocycles. The summed E-state index contributed by atoms with van der Waals surface area (Å²) in [5.41, 5.74) is 3.16. The molecule has 0 heterocycles. The molecule has 2 aromatic rings. The Kier molecular flexibility index (Phi) is 4.57. The molecule has 0 saturated carbocycles. The monoisotopic (exact) mass is 270 g/mol. The van der Waals surface area contributed by atoms with E-state index in [0.29, 0.717) is 6.54 Å². The van der Waals surface area contributed by atoms with Gasteiger partial charge >= 0.3 is 0 Å². The lowest BCUT2D eigenvalue weighted by atomic mass is 10.1. The van der Waals surface area contributed by atoms with Gasteiger partial charge in [-0.3, -0.25) is 5.32 Å². The van der Waals surface area contributed by atoms with Crippen LogP contribution in [0.5, 0.6) is 0 Å². The Labute approximate surface area is 118 Å². The van der Waals surface area contributed by atoms with Crippen molar-refractivity contribution in [2.45, 2.75) is 19.5 Å². The van der Waals surface area contributed by atoms with E-state index in [0.717, 1.165) is 16.1 Å². The summed E-state index contributed by atoms with van der Waals surface area (Å²) in [5.74, 6) is 0. The third-order valence-corrected chi connectivity index (χ3v) is 3.36. The fraction of sp³-hybridized carbons (Fsp3) is 0.188. The van der Waals surface area contributed by atoms with Gasteiger partial charge in [-0.05, 0) is 24.1 Å². The van der Waals surface area contributed by atoms with Crippen LogP contribution in [0.2, 0.25) is 5.02 Å². The molecule has 1 atom stereocenters. The van der Waals surface area contributed by atoms with Crippen LogP contribution in [0.15, 0.2) is 48.5 Å². The molecule has 0 aromatic heterocycles. The van der Waals surface area contributed by atoms with Gasteiger partial charge < -0.3 is 0 Å². The van der Waals surface area contributed by atoms with Crippen LogP contribution in [0.25, 0.3) is 0 Å². The molecule has 2 aromatic carbocycles. The highest BCUT2D eigenvalue weighted by Crippen LogP contribution is 2.17. The topological polar surface area (TPSA) is 35.8 Å². The van der Waals surface area contributed by atoms with E-state index in [1.54, 1.807) is 0 Å². The average Bonchev–Trinajstić information content (AvgIpc) is 2.43. The first-order valence-electron chi connectivity index (χ1n) is 6.13. The Morgan fingerprint density at radius 3 is 2.47 bits per heavy atom. The molecule has 3 heteroatoms. The van der Waals surface area contributed by atoms with Crippen molar-refractivity contribution in [2.24, 2.45) is 0 Å². The molecule has 0 amide bonds. The van der Waals surface area contributed by atoms with Gasteiger partial charge in [0.1, 0.15) is 6.04 Å². The Morgan fingerprint density at radius 2 is 1.84 bits per heavy atom. The average molecular weight is 271 g/mol. The highest BCUT2D eigenvalue weighted by molar-refractivity contribution is 6.31. The summed E-state index contributed by atoms with van der Waals surface area (Å²) in [5, 5.41) is 13.2. The number of rotatable bonds is 4. The molecule has 0 aliphatic carbocycles. The van der Waals surface area contributed by atoms with Gasteiger partial charge in [0.05, 0.1) is 6.07 Å². The largest absolute Gasteiger partial charge is 0.294 e. The van der Waals surface area contributed by atoms with Crippen molar-refractivity contribution in [1.29, 1.82) is 5.26 Å². The van der Waals surface area contributed by atoms with E-state index >= 15 is 0 Å². The quantitative estimate of drug-likeness (QED) is 0.911. The fourth-order valence-electron chi connectivity index (χ4n) is 1.85. The molecular weight excluding hydrogens is 256 g/mol. The van der Waals surface area contributed by atoms with Gasteiger partial charge in [-0.1, -0.05) is 59.6 Å². The van der Waals surface area contributed by atoms with E-state index in [1.165, 1.54) is 5.56 Å². The van der Waals surface area contributed by atoms with E-state index in [4.69, 9.17) is 11.6 Å². The van der Waals surface area contributed by atoms with Crippen LogP contribution in [0.4, 0.5) is 0 Å². The van der Waals surface area contributed by atoms with Gasteiger partial charge in [0.15, 0.2) is 0 Å². The Hall–Kier alpha value is -1.82. The molecule has 0 radical (unpaired) electrons. The minimum absolute atomic E-state index is 0.322. The minimum Gasteiger partial charge on any atom is -0.294 e. The van der Waals surface area contributed by atoms with Gasteiger partial charge in [-0.15, -0.1) is 0 Å². The Morgan fingerprint density at radius 1 is 1.16 bits per heavy atom. The van der Waals surface area contributed by atoms with Gasteiger partial charge in [0, 0.05) is 11.6 Å². The molecule has 0 aliphatic heterocycles. The summed E-state index contributed by atoms with van der Waals surface area (Å²) < 4.78 is 0. The first-order valence-corrected chi connectivity index (χ1v) is 6.51. The SMILES string of the molecule is Cc1ccc(C(C#N)NCc2ccccc2Cl)cc1. The Balaban J connectivity index is 2.07. The molecular formula is C16H15ClN2. The number of nitriles is 1. The molecule has 2 nitrogen and oxygen atoms in total. The number of hydrogen-bond donors (Lipinski definition) is 1. The molecule has 19 heavy (non-hydrogen) atoms. The fourth-order valence-corrected chi connectivity index (χ4v) is 2.05. The molecule has 1 N–H and O–H groups in total. The van der Waals surface area contributed by atoms with Gasteiger partial charge in [0.25, 0.3) is 0 Å². The lowest BCUT2D eigenvalue weighted by Gasteiger charge is -2.13. The first kappa shape index (κ1) is 13.6. The predicted molar refractivity (Wildman–Crippen MR) is 77.8 cm³/mol. The number of hydrogen-bond acceptors (Lipinski definition) is 2. The summed E-state index contributed by atoms with van der Waals surface area (Å²) in [7, 11) is 0. The van der Waals surface area contributed by atoms with E-state index in [9.17, 15) is 5.26 Å². The second-order valence-electron chi connectivity index (χ2n) is 4.45. The summed E-state index contributed by atoms with van der Waals surface area (Å²) >= 11 is 6.09. The first-order chi connectivity index (χ1) is 9.20. The van der Waals surface area contributed by atoms with Crippen molar-refractivity contribution in [3.63, 3.8) is 0 Å². The van der Waals surface area contributed by atoms with Crippen LogP contribution in [0.1, 0.15) is 22.7 Å². The van der Waals surface area contributed by atoms with Crippen molar-refractivity contribution in [3.8, 4) is 6.07 Å². The number of nitrogens with one attached hydrogen (secondary N) is 1. The second kappa shape index (κ2) is 6.38. The van der Waals surface area contributed by atoms with Crippen molar-refractivity contribution in [1.82, 2.24) is 5.32 Å². The number of nitrogens with zero attached hydrogens (tertiary/aromatic N) is 1. The van der Waals surface area contributed by atoms with Crippen molar-refractivity contribution < 1.29 is 0 Å².